The van der Waals surface area contributed by atoms with Gasteiger partial charge in [0.2, 0.25) is 15.9 Å². The number of sulfonamides is 1. The van der Waals surface area contributed by atoms with E-state index in [1.165, 1.54) is 38.4 Å². The molecule has 1 aliphatic rings. The van der Waals surface area contributed by atoms with Gasteiger partial charge in [-0.25, -0.2) is 13.4 Å². The molecule has 0 aliphatic heterocycles. The Kier molecular flexibility index (Phi) is 7.22. The minimum atomic E-state index is -3.74. The molecule has 1 N–H and O–H groups in total. The normalized spacial score (nSPS) is 15.2. The topological polar surface area (TPSA) is 88.6 Å². The first-order valence-electron chi connectivity index (χ1n) is 9.86. The van der Waals surface area contributed by atoms with Crippen molar-refractivity contribution in [2.75, 3.05) is 25.5 Å². The van der Waals surface area contributed by atoms with Crippen LogP contribution in [0.4, 0.5) is 5.82 Å². The Balaban J connectivity index is 1.60. The van der Waals surface area contributed by atoms with E-state index in [1.807, 2.05) is 0 Å². The lowest BCUT2D eigenvalue weighted by Crippen LogP contribution is -2.35. The van der Waals surface area contributed by atoms with Gasteiger partial charge in [0.1, 0.15) is 0 Å². The molecule has 1 fully saturated rings. The van der Waals surface area contributed by atoms with Crippen LogP contribution < -0.4 is 10.1 Å². The van der Waals surface area contributed by atoms with Gasteiger partial charge in [-0.15, -0.1) is 0 Å². The summed E-state index contributed by atoms with van der Waals surface area (Å²) in [6.45, 7) is 0.271. The van der Waals surface area contributed by atoms with Gasteiger partial charge in [-0.1, -0.05) is 37.5 Å². The van der Waals surface area contributed by atoms with Gasteiger partial charge >= 0.3 is 0 Å². The predicted molar refractivity (Wildman–Crippen MR) is 111 cm³/mol. The van der Waals surface area contributed by atoms with Crippen LogP contribution in [0.5, 0.6) is 5.75 Å². The number of hydrogen-bond acceptors (Lipinski definition) is 5. The van der Waals surface area contributed by atoms with Crippen molar-refractivity contribution in [1.29, 1.82) is 0 Å². The van der Waals surface area contributed by atoms with Gasteiger partial charge in [-0.2, -0.15) is 4.31 Å². The minimum Gasteiger partial charge on any atom is -0.489 e. The van der Waals surface area contributed by atoms with E-state index in [2.05, 4.69) is 10.3 Å². The first-order valence-corrected chi connectivity index (χ1v) is 11.3. The molecule has 0 spiro atoms. The maximum Gasteiger partial charge on any atom is 0.243 e. The van der Waals surface area contributed by atoms with E-state index in [0.717, 1.165) is 17.1 Å². The summed E-state index contributed by atoms with van der Waals surface area (Å²) in [5.41, 5.74) is 0. The average Bonchev–Trinajstić information content (AvgIpc) is 2.74. The molecule has 0 atom stereocenters. The van der Waals surface area contributed by atoms with Crippen LogP contribution in [0.15, 0.2) is 53.6 Å². The smallest absolute Gasteiger partial charge is 0.243 e. The molecule has 7 nitrogen and oxygen atoms in total. The number of ether oxygens (including phenoxy) is 1. The molecule has 0 bridgehead atoms. The number of hydrogen-bond donors (Lipinski definition) is 1. The van der Waals surface area contributed by atoms with E-state index < -0.39 is 15.9 Å². The number of benzene rings is 1. The Morgan fingerprint density at radius 3 is 2.59 bits per heavy atom. The fourth-order valence-corrected chi connectivity index (χ4v) is 4.54. The third-order valence-corrected chi connectivity index (χ3v) is 6.86. The zero-order chi connectivity index (χ0) is 20.7. The van der Waals surface area contributed by atoms with E-state index in [-0.39, 0.29) is 11.4 Å². The van der Waals surface area contributed by atoms with Gasteiger partial charge in [0.15, 0.2) is 11.6 Å². The molecular weight excluding hydrogens is 390 g/mol. The van der Waals surface area contributed by atoms with Crippen molar-refractivity contribution in [2.45, 2.75) is 37.0 Å². The summed E-state index contributed by atoms with van der Waals surface area (Å²) in [5.74, 6) is 0.849. The lowest BCUT2D eigenvalue weighted by atomic mass is 9.90. The molecule has 1 aromatic carbocycles. The first-order chi connectivity index (χ1) is 14.0. The minimum absolute atomic E-state index is 0.143. The number of pyridine rings is 1. The molecule has 156 valence electrons. The van der Waals surface area contributed by atoms with Crippen LogP contribution in [0.1, 0.15) is 32.1 Å². The zero-order valence-corrected chi connectivity index (χ0v) is 17.4. The largest absolute Gasteiger partial charge is 0.489 e. The molecule has 2 aromatic rings. The predicted octanol–water partition coefficient (Wildman–Crippen LogP) is 3.30. The molecule has 1 aromatic heterocycles. The molecule has 1 saturated carbocycles. The van der Waals surface area contributed by atoms with E-state index in [4.69, 9.17) is 4.74 Å². The third-order valence-electron chi connectivity index (χ3n) is 5.05. The van der Waals surface area contributed by atoms with Crippen molar-refractivity contribution in [1.82, 2.24) is 9.29 Å². The van der Waals surface area contributed by atoms with Gasteiger partial charge in [-0.3, -0.25) is 4.79 Å². The quantitative estimate of drug-likeness (QED) is 0.712. The lowest BCUT2D eigenvalue weighted by Gasteiger charge is -2.22. The summed E-state index contributed by atoms with van der Waals surface area (Å²) >= 11 is 0. The Morgan fingerprint density at radius 2 is 1.86 bits per heavy atom. The monoisotopic (exact) mass is 417 g/mol. The Bertz CT molecular complexity index is 913. The number of nitrogens with zero attached hydrogens (tertiary/aromatic N) is 2. The van der Waals surface area contributed by atoms with Crippen LogP contribution in [0, 0.1) is 5.92 Å². The van der Waals surface area contributed by atoms with Crippen molar-refractivity contribution in [3.63, 3.8) is 0 Å². The highest BCUT2D eigenvalue weighted by Crippen LogP contribution is 2.27. The maximum atomic E-state index is 12.6. The molecule has 0 unspecified atom stereocenters. The van der Waals surface area contributed by atoms with Crippen LogP contribution in [0.2, 0.25) is 0 Å². The number of aromatic nitrogens is 1. The lowest BCUT2D eigenvalue weighted by molar-refractivity contribution is -0.116. The molecule has 0 saturated heterocycles. The number of nitrogens with one attached hydrogen (secondary N) is 1. The van der Waals surface area contributed by atoms with Crippen molar-refractivity contribution in [2.24, 2.45) is 5.92 Å². The maximum absolute atomic E-state index is 12.6. The number of carbonyl (C=O) groups excluding carboxylic acids is 1. The fraction of sp³-hybridized carbons (Fsp3) is 0.429. The summed E-state index contributed by atoms with van der Waals surface area (Å²) in [4.78, 5) is 16.8. The number of carbonyl (C=O) groups is 1. The van der Waals surface area contributed by atoms with E-state index in [9.17, 15) is 13.2 Å². The number of likely N-dealkylation sites (N-methyl/N-ethyl adjacent to an activating group) is 1. The number of anilines is 1. The van der Waals surface area contributed by atoms with Crippen LogP contribution >= 0.6 is 0 Å². The van der Waals surface area contributed by atoms with Gasteiger partial charge < -0.3 is 10.1 Å². The van der Waals surface area contributed by atoms with Crippen LogP contribution in [0.25, 0.3) is 0 Å². The van der Waals surface area contributed by atoms with Gasteiger partial charge in [0.05, 0.1) is 18.0 Å². The van der Waals surface area contributed by atoms with Gasteiger partial charge in [0.25, 0.3) is 0 Å². The van der Waals surface area contributed by atoms with E-state index in [1.54, 1.807) is 36.5 Å². The molecule has 3 rings (SSSR count). The second kappa shape index (κ2) is 9.84. The molecule has 0 radical (unpaired) electrons. The number of rotatable bonds is 8. The van der Waals surface area contributed by atoms with Crippen molar-refractivity contribution < 1.29 is 17.9 Å². The zero-order valence-electron chi connectivity index (χ0n) is 16.6. The Labute approximate surface area is 172 Å². The summed E-state index contributed by atoms with van der Waals surface area (Å²) in [7, 11) is -2.36. The average molecular weight is 418 g/mol. The van der Waals surface area contributed by atoms with Crippen molar-refractivity contribution >= 4 is 21.7 Å². The molecular formula is C21H27N3O4S. The molecule has 8 heteroatoms. The van der Waals surface area contributed by atoms with Gasteiger partial charge in [-0.05, 0) is 43.0 Å². The van der Waals surface area contributed by atoms with Crippen molar-refractivity contribution in [3.05, 3.63) is 48.7 Å². The highest BCUT2D eigenvalue weighted by molar-refractivity contribution is 7.89. The summed E-state index contributed by atoms with van der Waals surface area (Å²) in [6.07, 6.45) is 7.62. The van der Waals surface area contributed by atoms with Gasteiger partial charge in [0, 0.05) is 13.2 Å². The van der Waals surface area contributed by atoms with Crippen LogP contribution in [0.3, 0.4) is 0 Å². The highest BCUT2D eigenvalue weighted by atomic mass is 32.2. The van der Waals surface area contributed by atoms with E-state index in [0.29, 0.717) is 24.1 Å². The summed E-state index contributed by atoms with van der Waals surface area (Å²) in [6, 6.07) is 11.5. The molecule has 1 heterocycles. The van der Waals surface area contributed by atoms with Crippen LogP contribution in [-0.4, -0.2) is 43.8 Å². The Morgan fingerprint density at radius 1 is 1.14 bits per heavy atom. The second-order valence-electron chi connectivity index (χ2n) is 7.29. The van der Waals surface area contributed by atoms with E-state index >= 15 is 0 Å². The Hall–Kier alpha value is -2.45. The molecule has 1 aliphatic carbocycles. The van der Waals surface area contributed by atoms with Crippen LogP contribution in [-0.2, 0) is 14.8 Å². The highest BCUT2D eigenvalue weighted by Gasteiger charge is 2.23. The standard InChI is InChI=1S/C21H27N3O4S/c1-24(29(26,27)18-11-6-3-7-12-18)15-20(25)23-21-19(13-8-14-22-21)28-16-17-9-4-2-5-10-17/h3,6-8,11-14,17H,2,4-5,9-10,15-16H2,1H3,(H,22,23,25). The first kappa shape index (κ1) is 21.3. The second-order valence-corrected chi connectivity index (χ2v) is 9.33. The van der Waals surface area contributed by atoms with Crippen molar-refractivity contribution in [3.8, 4) is 5.75 Å². The fourth-order valence-electron chi connectivity index (χ4n) is 3.39. The number of amides is 1. The summed E-state index contributed by atoms with van der Waals surface area (Å²) in [5, 5.41) is 2.67. The summed E-state index contributed by atoms with van der Waals surface area (Å²) < 4.78 is 32.1. The SMILES string of the molecule is CN(CC(=O)Nc1ncccc1OCC1CCCCC1)S(=O)(=O)c1ccccc1. The third kappa shape index (κ3) is 5.77. The molecule has 29 heavy (non-hydrogen) atoms. The molecule has 1 amide bonds.